The molecule has 0 spiro atoms. The lowest BCUT2D eigenvalue weighted by Crippen LogP contribution is -2.32. The normalized spacial score (nSPS) is 18.2. The van der Waals surface area contributed by atoms with Crippen LogP contribution in [0.5, 0.6) is 0 Å². The lowest BCUT2D eigenvalue weighted by Gasteiger charge is -2.19. The van der Waals surface area contributed by atoms with E-state index in [2.05, 4.69) is 5.32 Å². The van der Waals surface area contributed by atoms with Crippen molar-refractivity contribution in [2.45, 2.75) is 25.2 Å². The maximum absolute atomic E-state index is 13.1. The standard InChI is InChI=1S/C13H17F2NO2/c1-16-12(8-13-17-2-3-18-13)6-9-4-10(14)7-11(15)5-9/h4-5,7,12-13,16H,2-3,6,8H2,1H3. The zero-order valence-corrected chi connectivity index (χ0v) is 10.3. The van der Waals surface area contributed by atoms with E-state index in [0.29, 0.717) is 31.6 Å². The van der Waals surface area contributed by atoms with Crippen LogP contribution in [0.25, 0.3) is 0 Å². The van der Waals surface area contributed by atoms with Gasteiger partial charge in [0.15, 0.2) is 6.29 Å². The van der Waals surface area contributed by atoms with Crippen molar-refractivity contribution in [3.8, 4) is 0 Å². The van der Waals surface area contributed by atoms with E-state index in [4.69, 9.17) is 9.47 Å². The molecule has 1 fully saturated rings. The topological polar surface area (TPSA) is 30.5 Å². The summed E-state index contributed by atoms with van der Waals surface area (Å²) in [5.74, 6) is -1.10. The average molecular weight is 257 g/mol. The highest BCUT2D eigenvalue weighted by Gasteiger charge is 2.21. The minimum Gasteiger partial charge on any atom is -0.350 e. The molecule has 0 aliphatic carbocycles. The Kier molecular flexibility index (Phi) is 4.63. The number of ether oxygens (including phenoxy) is 2. The van der Waals surface area contributed by atoms with Gasteiger partial charge in [-0.25, -0.2) is 8.78 Å². The van der Waals surface area contributed by atoms with Crippen molar-refractivity contribution in [3.05, 3.63) is 35.4 Å². The molecule has 1 aliphatic heterocycles. The predicted octanol–water partition coefficient (Wildman–Crippen LogP) is 1.86. The van der Waals surface area contributed by atoms with Gasteiger partial charge in [0.25, 0.3) is 0 Å². The van der Waals surface area contributed by atoms with Gasteiger partial charge in [0.05, 0.1) is 13.2 Å². The summed E-state index contributed by atoms with van der Waals surface area (Å²) >= 11 is 0. The van der Waals surface area contributed by atoms with E-state index in [1.54, 1.807) is 0 Å². The number of hydrogen-bond donors (Lipinski definition) is 1. The second-order valence-corrected chi connectivity index (χ2v) is 4.37. The average Bonchev–Trinajstić information content (AvgIpc) is 2.79. The van der Waals surface area contributed by atoms with E-state index in [0.717, 1.165) is 6.07 Å². The van der Waals surface area contributed by atoms with Gasteiger partial charge in [-0.1, -0.05) is 0 Å². The van der Waals surface area contributed by atoms with Crippen LogP contribution in [0.15, 0.2) is 18.2 Å². The van der Waals surface area contributed by atoms with Crippen LogP contribution >= 0.6 is 0 Å². The molecule has 1 unspecified atom stereocenters. The van der Waals surface area contributed by atoms with Crippen LogP contribution in [0.2, 0.25) is 0 Å². The molecule has 0 amide bonds. The number of rotatable bonds is 5. The summed E-state index contributed by atoms with van der Waals surface area (Å²) in [6.07, 6.45) is 0.976. The second-order valence-electron chi connectivity index (χ2n) is 4.37. The van der Waals surface area contributed by atoms with Gasteiger partial charge < -0.3 is 14.8 Å². The minimum atomic E-state index is -0.548. The van der Waals surface area contributed by atoms with E-state index in [-0.39, 0.29) is 12.3 Å². The van der Waals surface area contributed by atoms with Crippen molar-refractivity contribution in [2.75, 3.05) is 20.3 Å². The molecular weight excluding hydrogens is 240 g/mol. The van der Waals surface area contributed by atoms with Crippen LogP contribution in [0.4, 0.5) is 8.78 Å². The third-order valence-electron chi connectivity index (χ3n) is 2.98. The highest BCUT2D eigenvalue weighted by molar-refractivity contribution is 5.19. The van der Waals surface area contributed by atoms with Gasteiger partial charge in [-0.3, -0.25) is 0 Å². The number of hydrogen-bond acceptors (Lipinski definition) is 3. The van der Waals surface area contributed by atoms with Crippen LogP contribution in [0.3, 0.4) is 0 Å². The van der Waals surface area contributed by atoms with Crippen LogP contribution in [0, 0.1) is 11.6 Å². The lowest BCUT2D eigenvalue weighted by molar-refractivity contribution is -0.0522. The molecule has 3 nitrogen and oxygen atoms in total. The highest BCUT2D eigenvalue weighted by atomic mass is 19.1. The third-order valence-corrected chi connectivity index (χ3v) is 2.98. The molecule has 0 aromatic heterocycles. The molecule has 1 heterocycles. The first-order valence-electron chi connectivity index (χ1n) is 6.03. The molecule has 1 saturated heterocycles. The van der Waals surface area contributed by atoms with Gasteiger partial charge in [-0.15, -0.1) is 0 Å². The Labute approximate surface area is 105 Å². The Balaban J connectivity index is 1.95. The molecule has 18 heavy (non-hydrogen) atoms. The van der Waals surface area contributed by atoms with Crippen LogP contribution < -0.4 is 5.32 Å². The molecule has 1 aliphatic rings. The van der Waals surface area contributed by atoms with Gasteiger partial charge in [-0.2, -0.15) is 0 Å². The summed E-state index contributed by atoms with van der Waals surface area (Å²) < 4.78 is 36.9. The largest absolute Gasteiger partial charge is 0.350 e. The monoisotopic (exact) mass is 257 g/mol. The Hall–Kier alpha value is -1.04. The van der Waals surface area contributed by atoms with E-state index in [9.17, 15) is 8.78 Å². The fourth-order valence-corrected chi connectivity index (χ4v) is 2.09. The van der Waals surface area contributed by atoms with Gasteiger partial charge >= 0.3 is 0 Å². The van der Waals surface area contributed by atoms with E-state index < -0.39 is 11.6 Å². The number of nitrogens with one attached hydrogen (secondary N) is 1. The number of benzene rings is 1. The van der Waals surface area contributed by atoms with Crippen molar-refractivity contribution in [1.82, 2.24) is 5.32 Å². The second kappa shape index (κ2) is 6.22. The molecule has 1 aromatic carbocycles. The summed E-state index contributed by atoms with van der Waals surface area (Å²) in [5, 5.41) is 3.11. The fourth-order valence-electron chi connectivity index (χ4n) is 2.09. The minimum absolute atomic E-state index is 0.0642. The molecule has 2 rings (SSSR count). The number of likely N-dealkylation sites (N-methyl/N-ethyl adjacent to an activating group) is 1. The smallest absolute Gasteiger partial charge is 0.159 e. The fraction of sp³-hybridized carbons (Fsp3) is 0.538. The molecular formula is C13H17F2NO2. The highest BCUT2D eigenvalue weighted by Crippen LogP contribution is 2.15. The first-order valence-corrected chi connectivity index (χ1v) is 6.03. The first kappa shape index (κ1) is 13.4. The third kappa shape index (κ3) is 3.73. The van der Waals surface area contributed by atoms with Crippen LogP contribution in [0.1, 0.15) is 12.0 Å². The van der Waals surface area contributed by atoms with Gasteiger partial charge in [-0.05, 0) is 31.2 Å². The predicted molar refractivity (Wildman–Crippen MR) is 63.2 cm³/mol. The molecule has 5 heteroatoms. The molecule has 1 aromatic rings. The van der Waals surface area contributed by atoms with Gasteiger partial charge in [0.1, 0.15) is 11.6 Å². The summed E-state index contributed by atoms with van der Waals surface area (Å²) in [6, 6.07) is 3.64. The molecule has 0 saturated carbocycles. The van der Waals surface area contributed by atoms with Crippen molar-refractivity contribution in [3.63, 3.8) is 0 Å². The maximum atomic E-state index is 13.1. The van der Waals surface area contributed by atoms with E-state index in [1.165, 1.54) is 12.1 Å². The Morgan fingerprint density at radius 3 is 2.39 bits per heavy atom. The van der Waals surface area contributed by atoms with Crippen LogP contribution in [-0.4, -0.2) is 32.6 Å². The first-order chi connectivity index (χ1) is 8.67. The van der Waals surface area contributed by atoms with E-state index in [1.807, 2.05) is 7.05 Å². The zero-order chi connectivity index (χ0) is 13.0. The molecule has 1 atom stereocenters. The molecule has 0 radical (unpaired) electrons. The summed E-state index contributed by atoms with van der Waals surface area (Å²) in [4.78, 5) is 0. The van der Waals surface area contributed by atoms with Crippen LogP contribution in [-0.2, 0) is 15.9 Å². The Morgan fingerprint density at radius 1 is 1.22 bits per heavy atom. The van der Waals surface area contributed by atoms with Gasteiger partial charge in [0, 0.05) is 18.5 Å². The zero-order valence-electron chi connectivity index (χ0n) is 10.3. The van der Waals surface area contributed by atoms with Crippen molar-refractivity contribution < 1.29 is 18.3 Å². The van der Waals surface area contributed by atoms with Crippen molar-refractivity contribution in [1.29, 1.82) is 0 Å². The summed E-state index contributed by atoms with van der Waals surface area (Å²) in [7, 11) is 1.81. The quantitative estimate of drug-likeness (QED) is 0.873. The number of halogens is 2. The molecule has 0 bridgehead atoms. The Morgan fingerprint density at radius 2 is 1.83 bits per heavy atom. The lowest BCUT2D eigenvalue weighted by atomic mass is 10.0. The molecule has 1 N–H and O–H groups in total. The maximum Gasteiger partial charge on any atom is 0.159 e. The Bertz CT molecular complexity index is 374. The molecule has 100 valence electrons. The summed E-state index contributed by atoms with van der Waals surface area (Å²) in [5.41, 5.74) is 0.629. The summed E-state index contributed by atoms with van der Waals surface area (Å²) in [6.45, 7) is 1.21. The van der Waals surface area contributed by atoms with Crippen molar-refractivity contribution in [2.24, 2.45) is 0 Å². The van der Waals surface area contributed by atoms with Gasteiger partial charge in [0.2, 0.25) is 0 Å². The van der Waals surface area contributed by atoms with Crippen molar-refractivity contribution >= 4 is 0 Å². The SMILES string of the molecule is CNC(Cc1cc(F)cc(F)c1)CC1OCCO1. The van der Waals surface area contributed by atoms with E-state index >= 15 is 0 Å².